The molecule has 0 radical (unpaired) electrons. The number of ether oxygens (including phenoxy) is 1. The number of halogens is 6. The van der Waals surface area contributed by atoms with Gasteiger partial charge in [0.25, 0.3) is 0 Å². The molecule has 0 atom stereocenters. The third-order valence-electron chi connectivity index (χ3n) is 1.63. The largest absolute Gasteiger partial charge is 0.432 e. The monoisotopic (exact) mass is 261 g/mol. The van der Waals surface area contributed by atoms with E-state index in [1.54, 1.807) is 0 Å². The summed E-state index contributed by atoms with van der Waals surface area (Å²) < 4.78 is 65.0. The molecule has 0 aromatic heterocycles. The summed E-state index contributed by atoms with van der Waals surface area (Å²) in [5, 5.41) is -0.752. The van der Waals surface area contributed by atoms with Crippen LogP contribution in [0.1, 0.15) is 5.56 Å². The maximum absolute atomic E-state index is 12.5. The normalized spacial score (nSPS) is 11.9. The molecule has 0 unspecified atom stereocenters. The van der Waals surface area contributed by atoms with E-state index in [2.05, 4.69) is 4.74 Å². The molecule has 1 aromatic carbocycles. The summed E-state index contributed by atoms with van der Waals surface area (Å²) in [7, 11) is 0. The average molecular weight is 262 g/mol. The molecule has 0 saturated heterocycles. The standard InChI is InChI=1S/C8H5ClF5NO/c9-3-1-2-4(15)6(16-7(10)11)5(3)8(12,13)14/h1-2,7H,15H2. The number of alkyl halides is 5. The third-order valence-corrected chi connectivity index (χ3v) is 1.94. The Morgan fingerprint density at radius 3 is 2.25 bits per heavy atom. The molecule has 0 spiro atoms. The number of nitrogens with two attached hydrogens (primary N) is 1. The summed E-state index contributed by atoms with van der Waals surface area (Å²) in [4.78, 5) is 0. The Labute approximate surface area is 91.7 Å². The third kappa shape index (κ3) is 2.66. The molecule has 90 valence electrons. The van der Waals surface area contributed by atoms with Gasteiger partial charge in [-0.25, -0.2) is 0 Å². The first-order valence-corrected chi connectivity index (χ1v) is 4.21. The highest BCUT2D eigenvalue weighted by molar-refractivity contribution is 6.31. The maximum atomic E-state index is 12.5. The Kier molecular flexibility index (Phi) is 3.47. The molecular formula is C8H5ClF5NO. The predicted molar refractivity (Wildman–Crippen MR) is 47.5 cm³/mol. The first-order valence-electron chi connectivity index (χ1n) is 3.83. The van der Waals surface area contributed by atoms with Gasteiger partial charge in [-0.3, -0.25) is 0 Å². The summed E-state index contributed by atoms with van der Waals surface area (Å²) in [5.74, 6) is -1.16. The summed E-state index contributed by atoms with van der Waals surface area (Å²) in [6.07, 6.45) is -4.92. The highest BCUT2D eigenvalue weighted by atomic mass is 35.5. The molecule has 1 rings (SSSR count). The van der Waals surface area contributed by atoms with Gasteiger partial charge in [-0.05, 0) is 12.1 Å². The lowest BCUT2D eigenvalue weighted by molar-refractivity contribution is -0.141. The van der Waals surface area contributed by atoms with Crippen LogP contribution >= 0.6 is 11.6 Å². The Morgan fingerprint density at radius 2 is 1.81 bits per heavy atom. The lowest BCUT2D eigenvalue weighted by atomic mass is 10.1. The van der Waals surface area contributed by atoms with Crippen molar-refractivity contribution in [3.05, 3.63) is 22.7 Å². The molecule has 0 aliphatic rings. The van der Waals surface area contributed by atoms with Crippen LogP contribution in [0.15, 0.2) is 12.1 Å². The Bertz CT molecular complexity index is 393. The maximum Gasteiger partial charge on any atom is 0.421 e. The van der Waals surface area contributed by atoms with E-state index in [1.165, 1.54) is 0 Å². The van der Waals surface area contributed by atoms with Crippen LogP contribution in [0.2, 0.25) is 5.02 Å². The highest BCUT2D eigenvalue weighted by Crippen LogP contribution is 2.44. The first-order chi connectivity index (χ1) is 7.23. The van der Waals surface area contributed by atoms with E-state index in [9.17, 15) is 22.0 Å². The summed E-state index contributed by atoms with van der Waals surface area (Å²) in [5.41, 5.74) is 3.05. The van der Waals surface area contributed by atoms with Gasteiger partial charge in [-0.2, -0.15) is 22.0 Å². The molecule has 0 fully saturated rings. The second kappa shape index (κ2) is 4.32. The second-order valence-corrected chi connectivity index (χ2v) is 3.12. The molecule has 0 bridgehead atoms. The fourth-order valence-electron chi connectivity index (χ4n) is 1.05. The predicted octanol–water partition coefficient (Wildman–Crippen LogP) is 3.54. The fraction of sp³-hybridized carbons (Fsp3) is 0.250. The molecule has 16 heavy (non-hydrogen) atoms. The van der Waals surface area contributed by atoms with Crippen molar-refractivity contribution < 1.29 is 26.7 Å². The van der Waals surface area contributed by atoms with Crippen molar-refractivity contribution in [3.8, 4) is 5.75 Å². The van der Waals surface area contributed by atoms with Crippen LogP contribution in [0.25, 0.3) is 0 Å². The molecular weight excluding hydrogens is 257 g/mol. The van der Waals surface area contributed by atoms with Gasteiger partial charge in [0, 0.05) is 0 Å². The van der Waals surface area contributed by atoms with E-state index in [4.69, 9.17) is 17.3 Å². The van der Waals surface area contributed by atoms with E-state index < -0.39 is 34.8 Å². The first kappa shape index (κ1) is 12.8. The van der Waals surface area contributed by atoms with Crippen LogP contribution < -0.4 is 10.5 Å². The minimum atomic E-state index is -4.92. The number of benzene rings is 1. The molecule has 2 N–H and O–H groups in total. The minimum absolute atomic E-state index is 0.558. The zero-order valence-electron chi connectivity index (χ0n) is 7.49. The molecule has 0 heterocycles. The Hall–Kier alpha value is -1.24. The lowest BCUT2D eigenvalue weighted by Gasteiger charge is -2.16. The molecule has 0 saturated carbocycles. The van der Waals surface area contributed by atoms with Crippen LogP contribution in [-0.2, 0) is 6.18 Å². The highest BCUT2D eigenvalue weighted by Gasteiger charge is 2.38. The smallest absolute Gasteiger partial charge is 0.421 e. The molecule has 2 nitrogen and oxygen atoms in total. The summed E-state index contributed by atoms with van der Waals surface area (Å²) in [6.45, 7) is -3.41. The van der Waals surface area contributed by atoms with Gasteiger partial charge in [0.05, 0.1) is 10.7 Å². The second-order valence-electron chi connectivity index (χ2n) is 2.72. The van der Waals surface area contributed by atoms with Gasteiger partial charge >= 0.3 is 12.8 Å². The average Bonchev–Trinajstić information content (AvgIpc) is 2.08. The van der Waals surface area contributed by atoms with Crippen LogP contribution in [0.3, 0.4) is 0 Å². The number of anilines is 1. The zero-order chi connectivity index (χ0) is 12.5. The van der Waals surface area contributed by atoms with E-state index >= 15 is 0 Å². The van der Waals surface area contributed by atoms with Crippen LogP contribution in [0, 0.1) is 0 Å². The molecule has 1 aromatic rings. The molecule has 8 heteroatoms. The molecule has 0 aliphatic carbocycles. The Balaban J connectivity index is 3.37. The quantitative estimate of drug-likeness (QED) is 0.653. The van der Waals surface area contributed by atoms with Crippen LogP contribution in [0.4, 0.5) is 27.6 Å². The van der Waals surface area contributed by atoms with Gasteiger partial charge in [0.1, 0.15) is 5.56 Å². The van der Waals surface area contributed by atoms with Gasteiger partial charge in [0.2, 0.25) is 0 Å². The number of nitrogen functional groups attached to an aromatic ring is 1. The summed E-state index contributed by atoms with van der Waals surface area (Å²) >= 11 is 5.27. The SMILES string of the molecule is Nc1ccc(Cl)c(C(F)(F)F)c1OC(F)F. The number of hydrogen-bond donors (Lipinski definition) is 1. The van der Waals surface area contributed by atoms with E-state index in [-0.39, 0.29) is 0 Å². The van der Waals surface area contributed by atoms with Crippen molar-refractivity contribution in [2.45, 2.75) is 12.8 Å². The zero-order valence-corrected chi connectivity index (χ0v) is 8.24. The summed E-state index contributed by atoms with van der Waals surface area (Å²) in [6, 6.07) is 1.81. The fourth-order valence-corrected chi connectivity index (χ4v) is 1.31. The minimum Gasteiger partial charge on any atom is -0.432 e. The van der Waals surface area contributed by atoms with Crippen LogP contribution in [0.5, 0.6) is 5.75 Å². The number of hydrogen-bond acceptors (Lipinski definition) is 2. The van der Waals surface area contributed by atoms with E-state index in [1.807, 2.05) is 0 Å². The lowest BCUT2D eigenvalue weighted by Crippen LogP contribution is -2.13. The van der Waals surface area contributed by atoms with E-state index in [0.717, 1.165) is 12.1 Å². The van der Waals surface area contributed by atoms with Gasteiger partial charge < -0.3 is 10.5 Å². The van der Waals surface area contributed by atoms with Crippen molar-refractivity contribution in [1.29, 1.82) is 0 Å². The van der Waals surface area contributed by atoms with Crippen molar-refractivity contribution in [3.63, 3.8) is 0 Å². The van der Waals surface area contributed by atoms with Crippen molar-refractivity contribution >= 4 is 17.3 Å². The van der Waals surface area contributed by atoms with Gasteiger partial charge in [-0.15, -0.1) is 0 Å². The van der Waals surface area contributed by atoms with E-state index in [0.29, 0.717) is 0 Å². The van der Waals surface area contributed by atoms with Crippen molar-refractivity contribution in [1.82, 2.24) is 0 Å². The van der Waals surface area contributed by atoms with Gasteiger partial charge in [0.15, 0.2) is 5.75 Å². The molecule has 0 aliphatic heterocycles. The van der Waals surface area contributed by atoms with Gasteiger partial charge in [-0.1, -0.05) is 11.6 Å². The van der Waals surface area contributed by atoms with Crippen molar-refractivity contribution in [2.75, 3.05) is 5.73 Å². The topological polar surface area (TPSA) is 35.2 Å². The molecule has 0 amide bonds. The van der Waals surface area contributed by atoms with Crippen molar-refractivity contribution in [2.24, 2.45) is 0 Å². The number of rotatable bonds is 2. The Morgan fingerprint density at radius 1 is 1.25 bits per heavy atom. The van der Waals surface area contributed by atoms with Crippen LogP contribution in [-0.4, -0.2) is 6.61 Å².